The fourth-order valence-electron chi connectivity index (χ4n) is 6.64. The summed E-state index contributed by atoms with van der Waals surface area (Å²) in [6, 6.07) is 10.0. The van der Waals surface area contributed by atoms with Gasteiger partial charge >= 0.3 is 0 Å². The number of nitrogens with one attached hydrogen (secondary N) is 1. The maximum atomic E-state index is 14.0. The van der Waals surface area contributed by atoms with Crippen LogP contribution in [0.5, 0.6) is 0 Å². The molecule has 1 aliphatic carbocycles. The number of piperidine rings is 1. The lowest BCUT2D eigenvalue weighted by atomic mass is 9.91. The molecule has 0 bridgehead atoms. The molecule has 1 N–H and O–H groups in total. The van der Waals surface area contributed by atoms with Crippen LogP contribution in [-0.4, -0.2) is 86.4 Å². The third-order valence-corrected chi connectivity index (χ3v) is 11.6. The number of hydrogen-bond acceptors (Lipinski definition) is 6. The van der Waals surface area contributed by atoms with Crippen LogP contribution < -0.4 is 5.32 Å². The molecule has 0 aromatic heterocycles. The van der Waals surface area contributed by atoms with E-state index < -0.39 is 17.1 Å². The Morgan fingerprint density at radius 2 is 1.77 bits per heavy atom. The van der Waals surface area contributed by atoms with Crippen LogP contribution in [0.25, 0.3) is 0 Å². The first kappa shape index (κ1) is 36.1. The van der Waals surface area contributed by atoms with Crippen LogP contribution in [0.2, 0.25) is 0 Å². The summed E-state index contributed by atoms with van der Waals surface area (Å²) < 4.78 is 0. The van der Waals surface area contributed by atoms with Crippen LogP contribution in [0.4, 0.5) is 0 Å². The number of likely N-dealkylation sites (tertiary alicyclic amines) is 1. The molecule has 2 saturated heterocycles. The Balaban J connectivity index is 0.00000506. The normalized spacial score (nSPS) is 22.2. The molecule has 1 aromatic rings. The Kier molecular flexibility index (Phi) is 14.5. The second-order valence-electron chi connectivity index (χ2n) is 13.3. The van der Waals surface area contributed by atoms with E-state index in [2.05, 4.69) is 48.3 Å². The van der Waals surface area contributed by atoms with Gasteiger partial charge in [0.15, 0.2) is 0 Å². The lowest BCUT2D eigenvalue weighted by Crippen LogP contribution is -2.61. The van der Waals surface area contributed by atoms with Crippen LogP contribution in [0.15, 0.2) is 30.3 Å². The summed E-state index contributed by atoms with van der Waals surface area (Å²) >= 11 is 3.49. The van der Waals surface area contributed by atoms with Crippen molar-refractivity contribution in [2.24, 2.45) is 11.8 Å². The van der Waals surface area contributed by atoms with Gasteiger partial charge in [-0.2, -0.15) is 11.8 Å². The van der Waals surface area contributed by atoms with Gasteiger partial charge in [0.1, 0.15) is 12.2 Å². The van der Waals surface area contributed by atoms with Crippen molar-refractivity contribution in [3.63, 3.8) is 0 Å². The topological polar surface area (TPSA) is 73.0 Å². The van der Waals surface area contributed by atoms with Gasteiger partial charge in [-0.3, -0.25) is 19.3 Å². The summed E-state index contributed by atoms with van der Waals surface area (Å²) in [5, 5.41) is 3.34. The van der Waals surface area contributed by atoms with Gasteiger partial charge in [-0.15, -0.1) is 24.2 Å². The maximum absolute atomic E-state index is 14.0. The van der Waals surface area contributed by atoms with Crippen LogP contribution in [0.3, 0.4) is 0 Å². The average Bonchev–Trinajstić information content (AvgIpc) is 3.29. The molecule has 3 amide bonds. The first-order valence-electron chi connectivity index (χ1n) is 16.0. The summed E-state index contributed by atoms with van der Waals surface area (Å²) in [6.07, 6.45) is 9.05. The Morgan fingerprint density at radius 3 is 2.40 bits per heavy atom. The number of rotatable bonds is 13. The molecule has 43 heavy (non-hydrogen) atoms. The van der Waals surface area contributed by atoms with Gasteiger partial charge in [-0.05, 0) is 62.7 Å². The van der Waals surface area contributed by atoms with Crippen molar-refractivity contribution in [3.8, 4) is 0 Å². The number of halogens is 1. The molecule has 0 unspecified atom stereocenters. The molecule has 2 heterocycles. The predicted molar refractivity (Wildman–Crippen MR) is 182 cm³/mol. The van der Waals surface area contributed by atoms with Gasteiger partial charge in [-0.25, -0.2) is 0 Å². The summed E-state index contributed by atoms with van der Waals surface area (Å²) in [6.45, 7) is 11.0. The number of amides is 3. The van der Waals surface area contributed by atoms with E-state index in [1.165, 1.54) is 37.7 Å². The molecule has 2 atom stereocenters. The van der Waals surface area contributed by atoms with Gasteiger partial charge in [0.05, 0.1) is 4.87 Å². The zero-order chi connectivity index (χ0) is 30.1. The molecule has 1 aromatic carbocycles. The number of carbonyl (C=O) groups is 3. The van der Waals surface area contributed by atoms with E-state index in [9.17, 15) is 14.4 Å². The predicted octanol–water partition coefficient (Wildman–Crippen LogP) is 6.01. The quantitative estimate of drug-likeness (QED) is 0.263. The number of thioether (sulfide) groups is 2. The Morgan fingerprint density at radius 1 is 1.09 bits per heavy atom. The maximum Gasteiger partial charge on any atom is 0.243 e. The fourth-order valence-corrected chi connectivity index (χ4v) is 9.23. The molecule has 3 fully saturated rings. The largest absolute Gasteiger partial charge is 0.351 e. The summed E-state index contributed by atoms with van der Waals surface area (Å²) in [5.74, 6) is 3.09. The third kappa shape index (κ3) is 10.3. The molecule has 7 nitrogen and oxygen atoms in total. The first-order valence-corrected chi connectivity index (χ1v) is 18.1. The summed E-state index contributed by atoms with van der Waals surface area (Å²) in [4.78, 5) is 45.8. The zero-order valence-electron chi connectivity index (χ0n) is 26.5. The van der Waals surface area contributed by atoms with Gasteiger partial charge in [-0.1, -0.05) is 63.4 Å². The van der Waals surface area contributed by atoms with Crippen LogP contribution in [-0.2, 0) is 20.9 Å². The minimum Gasteiger partial charge on any atom is -0.351 e. The number of nitrogens with zero attached hydrogens (tertiary/aromatic N) is 3. The molecule has 3 aliphatic rings. The molecule has 4 rings (SSSR count). The molecular formula is C33H53ClN4O3S2. The van der Waals surface area contributed by atoms with Crippen LogP contribution in [0, 0.1) is 11.8 Å². The van der Waals surface area contributed by atoms with Gasteiger partial charge in [0.25, 0.3) is 0 Å². The SMILES string of the molecule is CC(C)CC(=O)N1[C@@H](N(C=O)[C@@H](CSCC2CCCCC2)C(=O)NC2CCN(Cc3ccccc3)CC2)CSC1(C)C.Cl. The monoisotopic (exact) mass is 652 g/mol. The number of hydrogen-bond donors (Lipinski definition) is 1. The summed E-state index contributed by atoms with van der Waals surface area (Å²) in [7, 11) is 0. The van der Waals surface area contributed by atoms with E-state index >= 15 is 0 Å². The second-order valence-corrected chi connectivity index (χ2v) is 16.0. The van der Waals surface area contributed by atoms with Crippen molar-refractivity contribution in [2.75, 3.05) is 30.3 Å². The van der Waals surface area contributed by atoms with E-state index in [0.29, 0.717) is 23.8 Å². The fraction of sp³-hybridized carbons (Fsp3) is 0.727. The summed E-state index contributed by atoms with van der Waals surface area (Å²) in [5.41, 5.74) is 1.31. The molecule has 0 radical (unpaired) electrons. The van der Waals surface area contributed by atoms with Gasteiger partial charge in [0, 0.05) is 43.6 Å². The standard InChI is InChI=1S/C33H52N4O3S2.ClH/c1-25(2)19-31(39)37-30(23-42-33(37,3)4)36(24-38)29(22-41-21-27-13-9-6-10-14-27)32(40)34-28-15-17-35(18-16-28)20-26-11-7-5-8-12-26;/h5,7-8,11-12,24-25,27-30H,6,9-10,13-23H2,1-4H3,(H,34,40);1H/t29-,30+;/m0./s1. The van der Waals surface area contributed by atoms with Crippen molar-refractivity contribution in [3.05, 3.63) is 35.9 Å². The van der Waals surface area contributed by atoms with Crippen molar-refractivity contribution in [1.29, 1.82) is 0 Å². The molecule has 0 spiro atoms. The lowest BCUT2D eigenvalue weighted by molar-refractivity contribution is -0.148. The van der Waals surface area contributed by atoms with Crippen LogP contribution in [0.1, 0.15) is 84.6 Å². The van der Waals surface area contributed by atoms with E-state index in [-0.39, 0.29) is 36.2 Å². The highest BCUT2D eigenvalue weighted by atomic mass is 35.5. The smallest absolute Gasteiger partial charge is 0.243 e. The van der Waals surface area contributed by atoms with Crippen molar-refractivity contribution < 1.29 is 14.4 Å². The molecule has 1 saturated carbocycles. The molecular weight excluding hydrogens is 600 g/mol. The molecule has 242 valence electrons. The minimum absolute atomic E-state index is 0. The van der Waals surface area contributed by atoms with Crippen LogP contribution >= 0.6 is 35.9 Å². The highest BCUT2D eigenvalue weighted by Crippen LogP contribution is 2.41. The van der Waals surface area contributed by atoms with E-state index in [1.54, 1.807) is 28.4 Å². The Bertz CT molecular complexity index is 1020. The highest BCUT2D eigenvalue weighted by molar-refractivity contribution is 8.00. The minimum atomic E-state index is -0.604. The molecule has 10 heteroatoms. The van der Waals surface area contributed by atoms with Crippen molar-refractivity contribution >= 4 is 54.2 Å². The third-order valence-electron chi connectivity index (χ3n) is 8.98. The second kappa shape index (κ2) is 17.3. The van der Waals surface area contributed by atoms with Crippen molar-refractivity contribution in [2.45, 2.75) is 109 Å². The van der Waals surface area contributed by atoms with Crippen molar-refractivity contribution in [1.82, 2.24) is 20.0 Å². The van der Waals surface area contributed by atoms with E-state index in [4.69, 9.17) is 0 Å². The zero-order valence-corrected chi connectivity index (χ0v) is 29.0. The molecule has 2 aliphatic heterocycles. The lowest BCUT2D eigenvalue weighted by Gasteiger charge is -2.42. The average molecular weight is 653 g/mol. The Labute approximate surface area is 274 Å². The van der Waals surface area contributed by atoms with Gasteiger partial charge < -0.3 is 15.1 Å². The van der Waals surface area contributed by atoms with E-state index in [1.807, 2.05) is 24.8 Å². The number of benzene rings is 1. The number of carbonyl (C=O) groups excluding carboxylic acids is 3. The highest BCUT2D eigenvalue weighted by Gasteiger charge is 2.48. The van der Waals surface area contributed by atoms with Gasteiger partial charge in [0.2, 0.25) is 18.2 Å². The Hall–Kier alpha value is -1.42. The van der Waals surface area contributed by atoms with E-state index in [0.717, 1.165) is 44.6 Å². The first-order chi connectivity index (χ1) is 20.2.